The van der Waals surface area contributed by atoms with Crippen molar-refractivity contribution in [2.45, 2.75) is 13.8 Å². The van der Waals surface area contributed by atoms with Gasteiger partial charge in [-0.1, -0.05) is 5.16 Å². The molecule has 0 aliphatic rings. The summed E-state index contributed by atoms with van der Waals surface area (Å²) >= 11 is 3.27. The van der Waals surface area contributed by atoms with E-state index >= 15 is 0 Å². The average molecular weight is 302 g/mol. The highest BCUT2D eigenvalue weighted by Gasteiger charge is 2.11. The summed E-state index contributed by atoms with van der Waals surface area (Å²) in [6.07, 6.45) is 1.25. The molecule has 0 atom stereocenters. The fourth-order valence-corrected chi connectivity index (χ4v) is 1.64. The predicted molar refractivity (Wildman–Crippen MR) is 66.0 cm³/mol. The standard InChI is InChI=1S/C11H12BrNO4/c1-3-16-10-4-8(6-13-15)9(12)5-11(10)17-7(2)14/h4-6,15H,3H2,1-2H3/b13-6+. The summed E-state index contributed by atoms with van der Waals surface area (Å²) in [6.45, 7) is 3.57. The van der Waals surface area contributed by atoms with Crippen molar-refractivity contribution in [1.29, 1.82) is 0 Å². The van der Waals surface area contributed by atoms with E-state index < -0.39 is 5.97 Å². The van der Waals surface area contributed by atoms with Gasteiger partial charge in [-0.2, -0.15) is 0 Å². The van der Waals surface area contributed by atoms with Gasteiger partial charge in [0.2, 0.25) is 0 Å². The lowest BCUT2D eigenvalue weighted by molar-refractivity contribution is -0.132. The smallest absolute Gasteiger partial charge is 0.308 e. The van der Waals surface area contributed by atoms with Crippen molar-refractivity contribution >= 4 is 28.1 Å². The van der Waals surface area contributed by atoms with Crippen LogP contribution in [-0.2, 0) is 4.79 Å². The topological polar surface area (TPSA) is 68.1 Å². The number of halogens is 1. The second kappa shape index (κ2) is 6.24. The SMILES string of the molecule is CCOc1cc(/C=N/O)c(Br)cc1OC(C)=O. The number of carbonyl (C=O) groups is 1. The summed E-state index contributed by atoms with van der Waals surface area (Å²) in [7, 11) is 0. The highest BCUT2D eigenvalue weighted by atomic mass is 79.9. The van der Waals surface area contributed by atoms with Crippen LogP contribution in [0.2, 0.25) is 0 Å². The highest BCUT2D eigenvalue weighted by molar-refractivity contribution is 9.10. The van der Waals surface area contributed by atoms with Crippen LogP contribution in [0.4, 0.5) is 0 Å². The molecule has 92 valence electrons. The Hall–Kier alpha value is -1.56. The lowest BCUT2D eigenvalue weighted by Crippen LogP contribution is -2.05. The molecule has 0 radical (unpaired) electrons. The first-order valence-corrected chi connectivity index (χ1v) is 5.70. The first-order chi connectivity index (χ1) is 8.08. The van der Waals surface area contributed by atoms with Crippen LogP contribution in [0, 0.1) is 0 Å². The first kappa shape index (κ1) is 13.5. The quantitative estimate of drug-likeness (QED) is 0.305. The fourth-order valence-electron chi connectivity index (χ4n) is 1.21. The minimum atomic E-state index is -0.429. The van der Waals surface area contributed by atoms with Crippen LogP contribution in [0.15, 0.2) is 21.8 Å². The number of hydrogen-bond acceptors (Lipinski definition) is 5. The van der Waals surface area contributed by atoms with Gasteiger partial charge in [0.25, 0.3) is 0 Å². The molecule has 0 fully saturated rings. The van der Waals surface area contributed by atoms with Gasteiger partial charge >= 0.3 is 5.97 Å². The van der Waals surface area contributed by atoms with Crippen LogP contribution in [0.5, 0.6) is 11.5 Å². The molecule has 1 N–H and O–H groups in total. The number of nitrogens with zero attached hydrogens (tertiary/aromatic N) is 1. The molecule has 0 heterocycles. The number of hydrogen-bond donors (Lipinski definition) is 1. The Balaban J connectivity index is 3.19. The third-order valence-electron chi connectivity index (χ3n) is 1.81. The molecule has 0 aromatic heterocycles. The van der Waals surface area contributed by atoms with E-state index in [-0.39, 0.29) is 0 Å². The molecular formula is C11H12BrNO4. The Morgan fingerprint density at radius 3 is 2.76 bits per heavy atom. The largest absolute Gasteiger partial charge is 0.490 e. The lowest BCUT2D eigenvalue weighted by Gasteiger charge is -2.11. The minimum absolute atomic E-state index is 0.321. The highest BCUT2D eigenvalue weighted by Crippen LogP contribution is 2.33. The number of ether oxygens (including phenoxy) is 2. The van der Waals surface area contributed by atoms with Gasteiger partial charge in [0.1, 0.15) is 0 Å². The molecule has 0 spiro atoms. The third kappa shape index (κ3) is 3.74. The Morgan fingerprint density at radius 2 is 2.24 bits per heavy atom. The van der Waals surface area contributed by atoms with Gasteiger partial charge in [-0.25, -0.2) is 0 Å². The van der Waals surface area contributed by atoms with Crippen molar-refractivity contribution in [1.82, 2.24) is 0 Å². The van der Waals surface area contributed by atoms with Crippen molar-refractivity contribution in [2.75, 3.05) is 6.61 Å². The van der Waals surface area contributed by atoms with Crippen molar-refractivity contribution < 1.29 is 19.5 Å². The van der Waals surface area contributed by atoms with E-state index in [9.17, 15) is 4.79 Å². The molecule has 0 unspecified atom stereocenters. The van der Waals surface area contributed by atoms with E-state index in [0.717, 1.165) is 0 Å². The van der Waals surface area contributed by atoms with Crippen molar-refractivity contribution in [3.63, 3.8) is 0 Å². The molecule has 0 amide bonds. The Morgan fingerprint density at radius 1 is 1.53 bits per heavy atom. The van der Waals surface area contributed by atoms with E-state index in [1.165, 1.54) is 13.1 Å². The van der Waals surface area contributed by atoms with Gasteiger partial charge in [-0.3, -0.25) is 4.79 Å². The fraction of sp³-hybridized carbons (Fsp3) is 0.273. The van der Waals surface area contributed by atoms with Gasteiger partial charge in [0, 0.05) is 17.0 Å². The molecule has 1 aromatic carbocycles. The number of benzene rings is 1. The zero-order chi connectivity index (χ0) is 12.8. The summed E-state index contributed by atoms with van der Waals surface area (Å²) in [5, 5.41) is 11.4. The van der Waals surface area contributed by atoms with Gasteiger partial charge < -0.3 is 14.7 Å². The van der Waals surface area contributed by atoms with Crippen molar-refractivity contribution in [3.8, 4) is 11.5 Å². The average Bonchev–Trinajstić information content (AvgIpc) is 2.24. The van der Waals surface area contributed by atoms with E-state index in [4.69, 9.17) is 14.7 Å². The molecule has 5 nitrogen and oxygen atoms in total. The number of carbonyl (C=O) groups excluding carboxylic acids is 1. The Kier molecular flexibility index (Phi) is 4.96. The molecule has 17 heavy (non-hydrogen) atoms. The summed E-state index contributed by atoms with van der Waals surface area (Å²) in [6, 6.07) is 3.20. The monoisotopic (exact) mass is 301 g/mol. The zero-order valence-corrected chi connectivity index (χ0v) is 11.0. The van der Waals surface area contributed by atoms with Crippen molar-refractivity contribution in [3.05, 3.63) is 22.2 Å². The van der Waals surface area contributed by atoms with Gasteiger partial charge in [0.05, 0.1) is 12.8 Å². The molecule has 0 aliphatic heterocycles. The molecule has 0 saturated heterocycles. The lowest BCUT2D eigenvalue weighted by atomic mass is 10.2. The van der Waals surface area contributed by atoms with Crippen LogP contribution < -0.4 is 9.47 Å². The van der Waals surface area contributed by atoms with Crippen LogP contribution >= 0.6 is 15.9 Å². The molecule has 0 bridgehead atoms. The maximum atomic E-state index is 10.9. The van der Waals surface area contributed by atoms with E-state index in [0.29, 0.717) is 28.1 Å². The Labute approximate surface area is 107 Å². The number of oxime groups is 1. The maximum absolute atomic E-state index is 10.9. The van der Waals surface area contributed by atoms with Gasteiger partial charge in [-0.05, 0) is 35.0 Å². The van der Waals surface area contributed by atoms with Crippen molar-refractivity contribution in [2.24, 2.45) is 5.16 Å². The van der Waals surface area contributed by atoms with Crippen LogP contribution in [-0.4, -0.2) is 24.0 Å². The van der Waals surface area contributed by atoms with E-state index in [2.05, 4.69) is 21.1 Å². The van der Waals surface area contributed by atoms with Gasteiger partial charge in [0.15, 0.2) is 11.5 Å². The third-order valence-corrected chi connectivity index (χ3v) is 2.50. The molecule has 0 saturated carbocycles. The summed E-state index contributed by atoms with van der Waals surface area (Å²) in [5.74, 6) is 0.309. The molecule has 1 rings (SSSR count). The van der Waals surface area contributed by atoms with Crippen LogP contribution in [0.3, 0.4) is 0 Å². The van der Waals surface area contributed by atoms with Gasteiger partial charge in [-0.15, -0.1) is 0 Å². The number of esters is 1. The van der Waals surface area contributed by atoms with E-state index in [1.807, 2.05) is 6.92 Å². The molecular weight excluding hydrogens is 290 g/mol. The summed E-state index contributed by atoms with van der Waals surface area (Å²) in [5.41, 5.74) is 0.617. The molecule has 0 aliphatic carbocycles. The zero-order valence-electron chi connectivity index (χ0n) is 9.44. The number of rotatable bonds is 4. The maximum Gasteiger partial charge on any atom is 0.308 e. The summed E-state index contributed by atoms with van der Waals surface area (Å²) in [4.78, 5) is 10.9. The second-order valence-electron chi connectivity index (χ2n) is 3.09. The predicted octanol–water partition coefficient (Wildman–Crippen LogP) is 2.58. The molecule has 1 aromatic rings. The first-order valence-electron chi connectivity index (χ1n) is 4.90. The van der Waals surface area contributed by atoms with Crippen LogP contribution in [0.25, 0.3) is 0 Å². The normalized spacial score (nSPS) is 10.5. The molecule has 6 heteroatoms. The minimum Gasteiger partial charge on any atom is -0.490 e. The second-order valence-corrected chi connectivity index (χ2v) is 3.95. The van der Waals surface area contributed by atoms with Crippen LogP contribution in [0.1, 0.15) is 19.4 Å². The summed E-state index contributed by atoms with van der Waals surface area (Å²) < 4.78 is 11.0. The van der Waals surface area contributed by atoms with E-state index in [1.54, 1.807) is 12.1 Å². The Bertz CT molecular complexity index is 445.